The summed E-state index contributed by atoms with van der Waals surface area (Å²) in [6.45, 7) is -0.167. The summed E-state index contributed by atoms with van der Waals surface area (Å²) < 4.78 is 16.5. The number of aliphatic hydroxyl groups is 2. The van der Waals surface area contributed by atoms with E-state index < -0.39 is 23.3 Å². The second kappa shape index (κ2) is 20.5. The average molecular weight is 660 g/mol. The summed E-state index contributed by atoms with van der Waals surface area (Å²) in [7, 11) is 1.50. The number of aryl methyl sites for hydroxylation is 1. The van der Waals surface area contributed by atoms with Gasteiger partial charge in [-0.15, -0.1) is 10.1 Å². The topological polar surface area (TPSA) is 172 Å². The van der Waals surface area contributed by atoms with Crippen molar-refractivity contribution in [3.63, 3.8) is 0 Å². The molecule has 0 radical (unpaired) electrons. The van der Waals surface area contributed by atoms with Crippen LogP contribution in [0.2, 0.25) is 0 Å². The Labute approximate surface area is 276 Å². The normalized spacial score (nSPS) is 24.3. The number of carbonyl (C=O) groups is 3. The van der Waals surface area contributed by atoms with E-state index in [0.717, 1.165) is 36.8 Å². The molecule has 1 aliphatic heterocycles. The molecule has 1 fully saturated rings. The number of methoxy groups -OCH3 is 1. The quantitative estimate of drug-likeness (QED) is 0.0859. The van der Waals surface area contributed by atoms with Crippen molar-refractivity contribution in [2.24, 2.45) is 11.8 Å². The lowest BCUT2D eigenvalue weighted by molar-refractivity contribution is -0.757. The van der Waals surface area contributed by atoms with Gasteiger partial charge in [0.25, 0.3) is 5.09 Å². The van der Waals surface area contributed by atoms with Gasteiger partial charge in [0.1, 0.15) is 12.4 Å². The first-order valence-corrected chi connectivity index (χ1v) is 16.7. The van der Waals surface area contributed by atoms with Crippen molar-refractivity contribution in [3.05, 3.63) is 51.6 Å². The van der Waals surface area contributed by atoms with Gasteiger partial charge < -0.3 is 29.3 Å². The van der Waals surface area contributed by atoms with E-state index in [0.29, 0.717) is 62.9 Å². The molecule has 2 aliphatic rings. The molecule has 47 heavy (non-hydrogen) atoms. The van der Waals surface area contributed by atoms with Gasteiger partial charge in [-0.1, -0.05) is 31.1 Å². The van der Waals surface area contributed by atoms with Crippen LogP contribution >= 0.6 is 0 Å². The average Bonchev–Trinajstić information content (AvgIpc) is 3.30. The molecular formula is C35H49NO11. The number of nitrogens with zero attached hydrogens (tertiary/aromatic N) is 1. The van der Waals surface area contributed by atoms with Crippen molar-refractivity contribution in [2.45, 2.75) is 109 Å². The fourth-order valence-corrected chi connectivity index (χ4v) is 6.23. The molecule has 3 rings (SSSR count). The van der Waals surface area contributed by atoms with Crippen LogP contribution in [0.1, 0.15) is 101 Å². The van der Waals surface area contributed by atoms with Crippen LogP contribution in [0.15, 0.2) is 30.4 Å². The zero-order chi connectivity index (χ0) is 34.0. The number of aliphatic hydroxyl groups excluding tert-OH is 2. The zero-order valence-electron chi connectivity index (χ0n) is 27.3. The Morgan fingerprint density at radius 1 is 1.02 bits per heavy atom. The highest BCUT2D eigenvalue weighted by Gasteiger charge is 2.40. The number of ether oxygens (including phenoxy) is 3. The number of rotatable bonds is 9. The number of hydrogen-bond donors (Lipinski definition) is 2. The van der Waals surface area contributed by atoms with Gasteiger partial charge in [0.05, 0.1) is 25.9 Å². The van der Waals surface area contributed by atoms with E-state index in [4.69, 9.17) is 14.2 Å². The lowest BCUT2D eigenvalue weighted by Crippen LogP contribution is -2.22. The van der Waals surface area contributed by atoms with Gasteiger partial charge in [-0.3, -0.25) is 14.4 Å². The van der Waals surface area contributed by atoms with E-state index in [2.05, 4.69) is 4.84 Å². The van der Waals surface area contributed by atoms with Crippen molar-refractivity contribution < 1.29 is 48.7 Å². The molecule has 1 heterocycles. The summed E-state index contributed by atoms with van der Waals surface area (Å²) >= 11 is 0. The Balaban J connectivity index is 1.66. The number of hydrogen-bond acceptors (Lipinski definition) is 11. The Hall–Kier alpha value is -3.77. The summed E-state index contributed by atoms with van der Waals surface area (Å²) in [4.78, 5) is 51.7. The minimum Gasteiger partial charge on any atom is -0.493 e. The fraction of sp³-hybridized carbons (Fsp3) is 0.629. The number of Topliss-reactive ketones (excluding diaryl/α,β-unsaturated/α-hetero) is 1. The summed E-state index contributed by atoms with van der Waals surface area (Å²) in [6.07, 6.45) is 14.5. The molecule has 2 bridgehead atoms. The van der Waals surface area contributed by atoms with Crippen LogP contribution in [-0.4, -0.2) is 65.6 Å². The molecule has 0 saturated heterocycles. The second-order valence-corrected chi connectivity index (χ2v) is 12.2. The molecular weight excluding hydrogens is 610 g/mol. The lowest BCUT2D eigenvalue weighted by atomic mass is 9.86. The van der Waals surface area contributed by atoms with Crippen molar-refractivity contribution in [3.8, 4) is 11.5 Å². The number of carbonyl (C=O) groups excluding carboxylic acids is 3. The smallest absolute Gasteiger partial charge is 0.311 e. The van der Waals surface area contributed by atoms with Gasteiger partial charge in [0, 0.05) is 25.7 Å². The molecule has 0 aromatic heterocycles. The predicted molar refractivity (Wildman–Crippen MR) is 173 cm³/mol. The minimum absolute atomic E-state index is 0.00303. The third kappa shape index (κ3) is 13.5. The maximum atomic E-state index is 12.8. The fourth-order valence-electron chi connectivity index (χ4n) is 6.23. The second-order valence-electron chi connectivity index (χ2n) is 12.2. The largest absolute Gasteiger partial charge is 0.493 e. The maximum Gasteiger partial charge on any atom is 0.311 e. The number of benzene rings is 1. The third-order valence-corrected chi connectivity index (χ3v) is 8.77. The van der Waals surface area contributed by atoms with Crippen LogP contribution in [0.3, 0.4) is 0 Å². The van der Waals surface area contributed by atoms with Crippen LogP contribution in [0.25, 0.3) is 6.08 Å². The number of ketones is 1. The summed E-state index contributed by atoms with van der Waals surface area (Å²) in [6, 6.07) is 3.59. The molecule has 1 aromatic rings. The molecule has 12 nitrogen and oxygen atoms in total. The molecule has 0 spiro atoms. The van der Waals surface area contributed by atoms with E-state index in [1.165, 1.54) is 7.11 Å². The molecule has 1 aliphatic carbocycles. The molecule has 1 saturated carbocycles. The highest BCUT2D eigenvalue weighted by Crippen LogP contribution is 2.38. The van der Waals surface area contributed by atoms with Crippen LogP contribution in [0, 0.1) is 22.0 Å². The van der Waals surface area contributed by atoms with Crippen molar-refractivity contribution in [1.29, 1.82) is 0 Å². The zero-order valence-corrected chi connectivity index (χ0v) is 27.3. The van der Waals surface area contributed by atoms with Crippen molar-refractivity contribution in [1.82, 2.24) is 0 Å². The molecule has 12 heteroatoms. The maximum absolute atomic E-state index is 12.8. The van der Waals surface area contributed by atoms with E-state index in [1.807, 2.05) is 24.3 Å². The molecule has 260 valence electrons. The molecule has 4 atom stereocenters. The summed E-state index contributed by atoms with van der Waals surface area (Å²) in [5.41, 5.74) is 1.76. The Kier molecular flexibility index (Phi) is 16.4. The molecule has 2 N–H and O–H groups in total. The summed E-state index contributed by atoms with van der Waals surface area (Å²) in [5, 5.41) is 30.3. The van der Waals surface area contributed by atoms with Gasteiger partial charge in [0.15, 0.2) is 11.5 Å². The minimum atomic E-state index is -0.903. The van der Waals surface area contributed by atoms with E-state index >= 15 is 0 Å². The lowest BCUT2D eigenvalue weighted by Gasteiger charge is -2.22. The van der Waals surface area contributed by atoms with Crippen LogP contribution < -0.4 is 9.47 Å². The van der Waals surface area contributed by atoms with Crippen molar-refractivity contribution >= 4 is 23.8 Å². The molecule has 0 amide bonds. The number of esters is 2. The van der Waals surface area contributed by atoms with Gasteiger partial charge in [-0.2, -0.15) is 0 Å². The Morgan fingerprint density at radius 3 is 2.55 bits per heavy atom. The first-order valence-electron chi connectivity index (χ1n) is 16.7. The predicted octanol–water partition coefficient (Wildman–Crippen LogP) is 5.48. The number of fused-ring (bicyclic) bond motifs is 3. The van der Waals surface area contributed by atoms with Crippen LogP contribution in [-0.2, 0) is 30.4 Å². The Morgan fingerprint density at radius 2 is 1.79 bits per heavy atom. The van der Waals surface area contributed by atoms with Gasteiger partial charge >= 0.3 is 11.9 Å². The standard InChI is InChI=1S/C35H49NO11/c1-44-32-22-26(13-10-20-45-34(40)17-11-21-46-36(42)43)25-12-6-2-3-7-14-27(37)18-19-29-28(30(38)24-31(29)39)15-8-4-5-9-16-35(41)47-33(32)23-25/h4,8,10,13,22-23,28-31,38-39H,2-3,5-7,9,11-12,14-21,24H2,1H3/b8-4-,13-10+/t28-,29-,30+,31-/m1/s1. The molecule has 1 aromatic carbocycles. The Bertz CT molecular complexity index is 1240. The first-order chi connectivity index (χ1) is 22.7. The SMILES string of the molecule is COc1cc(/C=C/COC(=O)CCCO[N+](=O)[O-])c2cc1OC(=O)CCC/C=C\C[C@@H]1[C@@H](CCC(=O)CCCCCC2)[C@H](O)C[C@@H]1O. The van der Waals surface area contributed by atoms with Gasteiger partial charge in [-0.25, -0.2) is 0 Å². The van der Waals surface area contributed by atoms with Gasteiger partial charge in [0.2, 0.25) is 0 Å². The van der Waals surface area contributed by atoms with Crippen molar-refractivity contribution in [2.75, 3.05) is 20.3 Å². The highest BCUT2D eigenvalue weighted by molar-refractivity contribution is 5.78. The van der Waals surface area contributed by atoms with Crippen LogP contribution in [0.4, 0.5) is 0 Å². The monoisotopic (exact) mass is 659 g/mol. The number of allylic oxidation sites excluding steroid dienone is 2. The highest BCUT2D eigenvalue weighted by atomic mass is 16.9. The van der Waals surface area contributed by atoms with Crippen LogP contribution in [0.5, 0.6) is 11.5 Å². The van der Waals surface area contributed by atoms with E-state index in [-0.39, 0.29) is 56.1 Å². The third-order valence-electron chi connectivity index (χ3n) is 8.77. The van der Waals surface area contributed by atoms with E-state index in [9.17, 15) is 34.7 Å². The summed E-state index contributed by atoms with van der Waals surface area (Å²) in [5.74, 6) is -0.140. The molecule has 0 unspecified atom stereocenters. The van der Waals surface area contributed by atoms with E-state index in [1.54, 1.807) is 12.1 Å². The van der Waals surface area contributed by atoms with Gasteiger partial charge in [-0.05, 0) is 99.0 Å². The first kappa shape index (κ1) is 37.7.